The molecule has 2 rings (SSSR count). The summed E-state index contributed by atoms with van der Waals surface area (Å²) in [4.78, 5) is 0. The molecule has 2 aromatic rings. The summed E-state index contributed by atoms with van der Waals surface area (Å²) >= 11 is 0. The van der Waals surface area contributed by atoms with E-state index < -0.39 is 5.82 Å². The molecule has 74 valence electrons. The Morgan fingerprint density at radius 1 is 1.47 bits per heavy atom. The van der Waals surface area contributed by atoms with Crippen molar-refractivity contribution >= 4 is 5.69 Å². The van der Waals surface area contributed by atoms with Crippen LogP contribution in [0.25, 0.3) is 11.3 Å². The summed E-state index contributed by atoms with van der Waals surface area (Å²) in [6.45, 7) is 0. The Morgan fingerprint density at radius 3 is 2.87 bits per heavy atom. The summed E-state index contributed by atoms with van der Waals surface area (Å²) in [6.07, 6.45) is 1.64. The molecule has 0 unspecified atom stereocenters. The lowest BCUT2D eigenvalue weighted by Crippen LogP contribution is -1.95. The van der Waals surface area contributed by atoms with Gasteiger partial charge in [-0.2, -0.15) is 10.4 Å². The third-order valence-electron chi connectivity index (χ3n) is 2.02. The lowest BCUT2D eigenvalue weighted by atomic mass is 10.1. The number of halogens is 1. The number of H-pyrrole nitrogens is 1. The van der Waals surface area contributed by atoms with Crippen LogP contribution in [0.4, 0.5) is 10.1 Å². The molecule has 0 aliphatic rings. The van der Waals surface area contributed by atoms with Gasteiger partial charge in [-0.05, 0) is 18.2 Å². The van der Waals surface area contributed by atoms with Gasteiger partial charge in [0.2, 0.25) is 0 Å². The SMILES string of the molecule is N#Cc1cc(-c2cc[nH]n2)cc(N)c1F. The number of nitrogens with zero attached hydrogens (tertiary/aromatic N) is 2. The van der Waals surface area contributed by atoms with Crippen LogP contribution in [-0.2, 0) is 0 Å². The first-order valence-corrected chi connectivity index (χ1v) is 4.21. The average Bonchev–Trinajstić information content (AvgIpc) is 2.75. The van der Waals surface area contributed by atoms with Gasteiger partial charge in [-0.15, -0.1) is 0 Å². The van der Waals surface area contributed by atoms with Gasteiger partial charge in [0.25, 0.3) is 0 Å². The Balaban J connectivity index is 2.62. The Morgan fingerprint density at radius 2 is 2.27 bits per heavy atom. The van der Waals surface area contributed by atoms with Crippen LogP contribution in [-0.4, -0.2) is 10.2 Å². The molecule has 4 nitrogen and oxygen atoms in total. The Hall–Kier alpha value is -2.35. The van der Waals surface area contributed by atoms with E-state index in [1.165, 1.54) is 12.1 Å². The predicted molar refractivity (Wildman–Crippen MR) is 53.1 cm³/mol. The van der Waals surface area contributed by atoms with Crippen molar-refractivity contribution in [2.45, 2.75) is 0 Å². The number of aromatic amines is 1. The maximum Gasteiger partial charge on any atom is 0.163 e. The molecule has 0 bridgehead atoms. The molecule has 1 aromatic heterocycles. The number of nitriles is 1. The molecule has 15 heavy (non-hydrogen) atoms. The van der Waals surface area contributed by atoms with Crippen molar-refractivity contribution in [2.24, 2.45) is 0 Å². The van der Waals surface area contributed by atoms with Crippen molar-refractivity contribution in [3.8, 4) is 17.3 Å². The van der Waals surface area contributed by atoms with E-state index in [0.717, 1.165) is 0 Å². The van der Waals surface area contributed by atoms with Crippen molar-refractivity contribution in [1.82, 2.24) is 10.2 Å². The quantitative estimate of drug-likeness (QED) is 0.690. The normalized spacial score (nSPS) is 9.87. The fourth-order valence-corrected chi connectivity index (χ4v) is 1.30. The van der Waals surface area contributed by atoms with Gasteiger partial charge in [0.15, 0.2) is 5.82 Å². The smallest absolute Gasteiger partial charge is 0.163 e. The number of nitrogens with one attached hydrogen (secondary N) is 1. The number of benzene rings is 1. The van der Waals surface area contributed by atoms with Crippen LogP contribution < -0.4 is 5.73 Å². The second kappa shape index (κ2) is 3.42. The zero-order chi connectivity index (χ0) is 10.8. The largest absolute Gasteiger partial charge is 0.396 e. The maximum atomic E-state index is 13.2. The third kappa shape index (κ3) is 1.53. The van der Waals surface area contributed by atoms with Gasteiger partial charge in [0.1, 0.15) is 6.07 Å². The van der Waals surface area contributed by atoms with Gasteiger partial charge in [0, 0.05) is 11.8 Å². The highest BCUT2D eigenvalue weighted by atomic mass is 19.1. The van der Waals surface area contributed by atoms with Crippen LogP contribution in [0.5, 0.6) is 0 Å². The number of hydrogen-bond acceptors (Lipinski definition) is 3. The molecule has 0 aliphatic carbocycles. The second-order valence-corrected chi connectivity index (χ2v) is 3.00. The Bertz CT molecular complexity index is 525. The van der Waals surface area contributed by atoms with Crippen molar-refractivity contribution in [2.75, 3.05) is 5.73 Å². The summed E-state index contributed by atoms with van der Waals surface area (Å²) in [6, 6.07) is 6.33. The Labute approximate surface area is 85.1 Å². The molecule has 1 aromatic carbocycles. The summed E-state index contributed by atoms with van der Waals surface area (Å²) in [5.41, 5.74) is 6.55. The molecule has 1 heterocycles. The monoisotopic (exact) mass is 202 g/mol. The van der Waals surface area contributed by atoms with E-state index in [1.807, 2.05) is 0 Å². The molecular formula is C10H7FN4. The highest BCUT2D eigenvalue weighted by Gasteiger charge is 2.10. The molecule has 0 spiro atoms. The number of anilines is 1. The van der Waals surface area contributed by atoms with Crippen molar-refractivity contribution in [1.29, 1.82) is 5.26 Å². The van der Waals surface area contributed by atoms with E-state index in [2.05, 4.69) is 10.2 Å². The summed E-state index contributed by atoms with van der Waals surface area (Å²) in [5, 5.41) is 15.2. The lowest BCUT2D eigenvalue weighted by Gasteiger charge is -2.02. The van der Waals surface area contributed by atoms with Gasteiger partial charge in [0.05, 0.1) is 16.9 Å². The van der Waals surface area contributed by atoms with Crippen LogP contribution in [0.2, 0.25) is 0 Å². The molecule has 0 saturated carbocycles. The minimum Gasteiger partial charge on any atom is -0.396 e. The minimum atomic E-state index is -0.684. The van der Waals surface area contributed by atoms with Crippen molar-refractivity contribution < 1.29 is 4.39 Å². The number of aromatic nitrogens is 2. The number of hydrogen-bond donors (Lipinski definition) is 2. The topological polar surface area (TPSA) is 78.5 Å². The van der Waals surface area contributed by atoms with Crippen LogP contribution in [0.3, 0.4) is 0 Å². The molecule has 0 amide bonds. The fraction of sp³-hybridized carbons (Fsp3) is 0. The van der Waals surface area contributed by atoms with Gasteiger partial charge in [-0.25, -0.2) is 4.39 Å². The van der Waals surface area contributed by atoms with Crippen LogP contribution in [0.15, 0.2) is 24.4 Å². The molecule has 0 fully saturated rings. The lowest BCUT2D eigenvalue weighted by molar-refractivity contribution is 0.629. The zero-order valence-electron chi connectivity index (χ0n) is 7.66. The second-order valence-electron chi connectivity index (χ2n) is 3.00. The third-order valence-corrected chi connectivity index (χ3v) is 2.02. The highest BCUT2D eigenvalue weighted by molar-refractivity contribution is 5.67. The van der Waals surface area contributed by atoms with Crippen LogP contribution in [0, 0.1) is 17.1 Å². The van der Waals surface area contributed by atoms with E-state index in [9.17, 15) is 4.39 Å². The number of nitrogen functional groups attached to an aromatic ring is 1. The number of nitrogens with two attached hydrogens (primary N) is 1. The molecule has 3 N–H and O–H groups in total. The van der Waals surface area contributed by atoms with E-state index in [-0.39, 0.29) is 11.3 Å². The minimum absolute atomic E-state index is 0.0490. The van der Waals surface area contributed by atoms with Gasteiger partial charge < -0.3 is 5.73 Å². The van der Waals surface area contributed by atoms with E-state index in [1.54, 1.807) is 18.3 Å². The predicted octanol–water partition coefficient (Wildman–Crippen LogP) is 1.67. The zero-order valence-corrected chi connectivity index (χ0v) is 7.66. The summed E-state index contributed by atoms with van der Waals surface area (Å²) in [5.74, 6) is -0.684. The van der Waals surface area contributed by atoms with E-state index >= 15 is 0 Å². The van der Waals surface area contributed by atoms with Gasteiger partial charge in [-0.1, -0.05) is 0 Å². The first kappa shape index (κ1) is 9.21. The van der Waals surface area contributed by atoms with Crippen LogP contribution in [0.1, 0.15) is 5.56 Å². The molecule has 0 saturated heterocycles. The first-order valence-electron chi connectivity index (χ1n) is 4.21. The highest BCUT2D eigenvalue weighted by Crippen LogP contribution is 2.24. The molecule has 0 radical (unpaired) electrons. The Kier molecular flexibility index (Phi) is 2.10. The van der Waals surface area contributed by atoms with Gasteiger partial charge >= 0.3 is 0 Å². The van der Waals surface area contributed by atoms with Crippen LogP contribution >= 0.6 is 0 Å². The average molecular weight is 202 g/mol. The molecular weight excluding hydrogens is 195 g/mol. The molecule has 0 atom stereocenters. The van der Waals surface area contributed by atoms with E-state index in [4.69, 9.17) is 11.0 Å². The summed E-state index contributed by atoms with van der Waals surface area (Å²) in [7, 11) is 0. The molecule has 5 heteroatoms. The van der Waals surface area contributed by atoms with Gasteiger partial charge in [-0.3, -0.25) is 5.10 Å². The van der Waals surface area contributed by atoms with Crippen molar-refractivity contribution in [3.63, 3.8) is 0 Å². The first-order chi connectivity index (χ1) is 7.22. The standard InChI is InChI=1S/C10H7FN4/c11-10-7(5-12)3-6(4-8(10)13)9-1-2-14-15-9/h1-4H,13H2,(H,14,15). The fourth-order valence-electron chi connectivity index (χ4n) is 1.30. The molecule has 0 aliphatic heterocycles. The van der Waals surface area contributed by atoms with Crippen molar-refractivity contribution in [3.05, 3.63) is 35.8 Å². The summed E-state index contributed by atoms with van der Waals surface area (Å²) < 4.78 is 13.2. The van der Waals surface area contributed by atoms with E-state index in [0.29, 0.717) is 11.3 Å². The maximum absolute atomic E-state index is 13.2. The number of rotatable bonds is 1.